The summed E-state index contributed by atoms with van der Waals surface area (Å²) in [4.78, 5) is 0. The zero-order valence-corrected chi connectivity index (χ0v) is 13.8. The lowest BCUT2D eigenvalue weighted by Gasteiger charge is -2.26. The zero-order valence-electron chi connectivity index (χ0n) is 13.8. The van der Waals surface area contributed by atoms with Crippen molar-refractivity contribution in [3.05, 3.63) is 29.8 Å². The molecule has 1 atom stereocenters. The van der Waals surface area contributed by atoms with E-state index in [-0.39, 0.29) is 0 Å². The van der Waals surface area contributed by atoms with Crippen molar-refractivity contribution in [2.24, 2.45) is 11.8 Å². The molecule has 0 radical (unpaired) electrons. The summed E-state index contributed by atoms with van der Waals surface area (Å²) in [5.41, 5.74) is 2.81. The smallest absolute Gasteiger partial charge is 0.0372 e. The van der Waals surface area contributed by atoms with Gasteiger partial charge in [0, 0.05) is 12.2 Å². The third-order valence-corrected chi connectivity index (χ3v) is 4.43. The minimum Gasteiger partial charge on any atom is -0.384 e. The van der Waals surface area contributed by atoms with Crippen LogP contribution in [0.25, 0.3) is 0 Å². The molecule has 1 aromatic carbocycles. The van der Waals surface area contributed by atoms with Crippen LogP contribution in [0.1, 0.15) is 51.5 Å². The SMILES string of the molecule is CC(C)CCCCCCNCC1CNc2ccccc2C1. The molecule has 2 rings (SSSR count). The van der Waals surface area contributed by atoms with E-state index < -0.39 is 0 Å². The molecule has 2 N–H and O–H groups in total. The summed E-state index contributed by atoms with van der Waals surface area (Å²) in [6, 6.07) is 8.70. The van der Waals surface area contributed by atoms with Crippen LogP contribution < -0.4 is 10.6 Å². The Bertz CT molecular complexity index is 400. The first-order valence-electron chi connectivity index (χ1n) is 8.78. The third kappa shape index (κ3) is 6.09. The number of para-hydroxylation sites is 1. The average molecular weight is 288 g/mol. The molecular formula is C19H32N2. The summed E-state index contributed by atoms with van der Waals surface area (Å²) in [7, 11) is 0. The molecule has 1 heterocycles. The molecule has 0 saturated carbocycles. The third-order valence-electron chi connectivity index (χ3n) is 4.43. The summed E-state index contributed by atoms with van der Waals surface area (Å²) in [6.07, 6.45) is 8.12. The molecule has 2 nitrogen and oxygen atoms in total. The number of hydrogen-bond acceptors (Lipinski definition) is 2. The largest absolute Gasteiger partial charge is 0.384 e. The lowest BCUT2D eigenvalue weighted by Crippen LogP contribution is -2.32. The van der Waals surface area contributed by atoms with E-state index in [2.05, 4.69) is 48.7 Å². The number of nitrogens with one attached hydrogen (secondary N) is 2. The van der Waals surface area contributed by atoms with Gasteiger partial charge in [0.2, 0.25) is 0 Å². The Hall–Kier alpha value is -1.02. The molecule has 1 aliphatic heterocycles. The summed E-state index contributed by atoms with van der Waals surface area (Å²) >= 11 is 0. The van der Waals surface area contributed by atoms with Gasteiger partial charge in [0.15, 0.2) is 0 Å². The van der Waals surface area contributed by atoms with E-state index >= 15 is 0 Å². The van der Waals surface area contributed by atoms with Crippen molar-refractivity contribution < 1.29 is 0 Å². The lowest BCUT2D eigenvalue weighted by molar-refractivity contribution is 0.468. The van der Waals surface area contributed by atoms with Crippen LogP contribution in [0.5, 0.6) is 0 Å². The fourth-order valence-electron chi connectivity index (χ4n) is 3.11. The number of benzene rings is 1. The Kier molecular flexibility index (Phi) is 7.08. The van der Waals surface area contributed by atoms with Crippen LogP contribution in [0, 0.1) is 11.8 Å². The highest BCUT2D eigenvalue weighted by molar-refractivity contribution is 5.53. The lowest BCUT2D eigenvalue weighted by atomic mass is 9.94. The van der Waals surface area contributed by atoms with E-state index in [1.807, 2.05) is 0 Å². The monoisotopic (exact) mass is 288 g/mol. The standard InChI is InChI=1S/C19H32N2/c1-16(2)9-5-3-4-8-12-20-14-17-13-18-10-6-7-11-19(18)21-15-17/h6-7,10-11,16-17,20-21H,3-5,8-9,12-15H2,1-2H3. The maximum atomic E-state index is 3.65. The van der Waals surface area contributed by atoms with Crippen molar-refractivity contribution in [1.82, 2.24) is 5.32 Å². The Morgan fingerprint density at radius 3 is 2.81 bits per heavy atom. The average Bonchev–Trinajstić information content (AvgIpc) is 2.49. The molecule has 21 heavy (non-hydrogen) atoms. The molecular weight excluding hydrogens is 256 g/mol. The van der Waals surface area contributed by atoms with Crippen LogP contribution in [0.15, 0.2) is 24.3 Å². The van der Waals surface area contributed by atoms with Gasteiger partial charge in [0.05, 0.1) is 0 Å². The second-order valence-electron chi connectivity index (χ2n) is 6.91. The van der Waals surface area contributed by atoms with Gasteiger partial charge >= 0.3 is 0 Å². The minimum atomic E-state index is 0.737. The van der Waals surface area contributed by atoms with Crippen molar-refractivity contribution in [3.8, 4) is 0 Å². The first-order valence-corrected chi connectivity index (χ1v) is 8.78. The van der Waals surface area contributed by atoms with Crippen LogP contribution >= 0.6 is 0 Å². The van der Waals surface area contributed by atoms with Gasteiger partial charge in [-0.15, -0.1) is 0 Å². The number of unbranched alkanes of at least 4 members (excludes halogenated alkanes) is 3. The van der Waals surface area contributed by atoms with Crippen molar-refractivity contribution in [3.63, 3.8) is 0 Å². The number of rotatable bonds is 9. The molecule has 0 fully saturated rings. The predicted molar refractivity (Wildman–Crippen MR) is 92.9 cm³/mol. The Morgan fingerprint density at radius 1 is 1.14 bits per heavy atom. The van der Waals surface area contributed by atoms with Gasteiger partial charge in [-0.25, -0.2) is 0 Å². The number of fused-ring (bicyclic) bond motifs is 1. The molecule has 118 valence electrons. The first kappa shape index (κ1) is 16.4. The molecule has 1 aromatic rings. The van der Waals surface area contributed by atoms with Gasteiger partial charge in [0.1, 0.15) is 0 Å². The number of anilines is 1. The fraction of sp³-hybridized carbons (Fsp3) is 0.684. The molecule has 0 amide bonds. The Balaban J connectivity index is 1.50. The van der Waals surface area contributed by atoms with Crippen molar-refractivity contribution in [1.29, 1.82) is 0 Å². The van der Waals surface area contributed by atoms with Crippen LogP contribution in [0.4, 0.5) is 5.69 Å². The van der Waals surface area contributed by atoms with Gasteiger partial charge in [-0.2, -0.15) is 0 Å². The highest BCUT2D eigenvalue weighted by Gasteiger charge is 2.16. The normalized spacial score (nSPS) is 17.6. The molecule has 0 aliphatic carbocycles. The summed E-state index contributed by atoms with van der Waals surface area (Å²) < 4.78 is 0. The zero-order chi connectivity index (χ0) is 14.9. The van der Waals surface area contributed by atoms with E-state index in [4.69, 9.17) is 0 Å². The van der Waals surface area contributed by atoms with Crippen LogP contribution in [0.3, 0.4) is 0 Å². The van der Waals surface area contributed by atoms with Gasteiger partial charge in [-0.1, -0.05) is 57.7 Å². The fourth-order valence-corrected chi connectivity index (χ4v) is 3.11. The van der Waals surface area contributed by atoms with Crippen molar-refractivity contribution >= 4 is 5.69 Å². The topological polar surface area (TPSA) is 24.1 Å². The minimum absolute atomic E-state index is 0.737. The van der Waals surface area contributed by atoms with Gasteiger partial charge in [-0.05, 0) is 49.4 Å². The van der Waals surface area contributed by atoms with Gasteiger partial charge in [-0.3, -0.25) is 0 Å². The highest BCUT2D eigenvalue weighted by atomic mass is 14.9. The second kappa shape index (κ2) is 9.09. The molecule has 1 aliphatic rings. The molecule has 0 bridgehead atoms. The molecule has 2 heteroatoms. The summed E-state index contributed by atoms with van der Waals surface area (Å²) in [5.74, 6) is 1.60. The first-order chi connectivity index (χ1) is 10.3. The highest BCUT2D eigenvalue weighted by Crippen LogP contribution is 2.23. The summed E-state index contributed by atoms with van der Waals surface area (Å²) in [6.45, 7) is 8.07. The maximum absolute atomic E-state index is 3.65. The van der Waals surface area contributed by atoms with Crippen LogP contribution in [-0.4, -0.2) is 19.6 Å². The quantitative estimate of drug-likeness (QED) is 0.655. The van der Waals surface area contributed by atoms with Crippen molar-refractivity contribution in [2.75, 3.05) is 25.0 Å². The van der Waals surface area contributed by atoms with E-state index in [0.29, 0.717) is 0 Å². The Labute approximate surface area is 130 Å². The van der Waals surface area contributed by atoms with Gasteiger partial charge < -0.3 is 10.6 Å². The Morgan fingerprint density at radius 2 is 1.95 bits per heavy atom. The molecule has 0 spiro atoms. The molecule has 0 saturated heterocycles. The summed E-state index contributed by atoms with van der Waals surface area (Å²) in [5, 5.41) is 7.20. The van der Waals surface area contributed by atoms with E-state index in [9.17, 15) is 0 Å². The number of hydrogen-bond donors (Lipinski definition) is 2. The predicted octanol–water partition coefficient (Wildman–Crippen LogP) is 4.47. The van der Waals surface area contributed by atoms with Crippen molar-refractivity contribution in [2.45, 2.75) is 52.4 Å². The van der Waals surface area contributed by atoms with Crippen LogP contribution in [-0.2, 0) is 6.42 Å². The maximum Gasteiger partial charge on any atom is 0.0372 e. The molecule has 1 unspecified atom stereocenters. The van der Waals surface area contributed by atoms with Crippen LogP contribution in [0.2, 0.25) is 0 Å². The second-order valence-corrected chi connectivity index (χ2v) is 6.91. The van der Waals surface area contributed by atoms with Gasteiger partial charge in [0.25, 0.3) is 0 Å². The van der Waals surface area contributed by atoms with E-state index in [1.54, 1.807) is 0 Å². The van der Waals surface area contributed by atoms with E-state index in [1.165, 1.54) is 56.3 Å². The molecule has 0 aromatic heterocycles. The van der Waals surface area contributed by atoms with E-state index in [0.717, 1.165) is 24.9 Å².